The predicted octanol–water partition coefficient (Wildman–Crippen LogP) is 6.64. The summed E-state index contributed by atoms with van der Waals surface area (Å²) in [5.74, 6) is 0. The Bertz CT molecular complexity index is 683. The number of pyridine rings is 1. The Hall–Kier alpha value is -1.63. The standard InChI is InChI=1S/C25H38N/c1-9-24(6,10-2)20-13-15-22(19(5)17-20)23-16-14-21(18-26(23)8)25(7,11-3)12-4/h13-18H,9-12H2,1-8H3/q+1. The molecule has 2 aromatic rings. The summed E-state index contributed by atoms with van der Waals surface area (Å²) in [4.78, 5) is 0. The van der Waals surface area contributed by atoms with Crippen LogP contribution in [0.2, 0.25) is 0 Å². The second-order valence-electron chi connectivity index (χ2n) is 8.48. The van der Waals surface area contributed by atoms with Gasteiger partial charge in [0.1, 0.15) is 7.05 Å². The van der Waals surface area contributed by atoms with E-state index in [1.807, 2.05) is 0 Å². The molecule has 0 amide bonds. The van der Waals surface area contributed by atoms with Crippen LogP contribution >= 0.6 is 0 Å². The molecule has 0 aliphatic heterocycles. The minimum atomic E-state index is 0.263. The average molecular weight is 353 g/mol. The smallest absolute Gasteiger partial charge is 0.201 e. The van der Waals surface area contributed by atoms with Gasteiger partial charge in [0, 0.05) is 17.2 Å². The molecule has 0 aliphatic rings. The number of aryl methyl sites for hydroxylation is 2. The van der Waals surface area contributed by atoms with Crippen molar-refractivity contribution in [1.29, 1.82) is 0 Å². The quantitative estimate of drug-likeness (QED) is 0.492. The molecule has 0 saturated carbocycles. The highest BCUT2D eigenvalue weighted by molar-refractivity contribution is 5.62. The Balaban J connectivity index is 2.47. The van der Waals surface area contributed by atoms with Gasteiger partial charge in [0.2, 0.25) is 5.69 Å². The highest BCUT2D eigenvalue weighted by atomic mass is 14.9. The Morgan fingerprint density at radius 1 is 0.769 bits per heavy atom. The molecule has 0 radical (unpaired) electrons. The zero-order chi connectivity index (χ0) is 19.5. The summed E-state index contributed by atoms with van der Waals surface area (Å²) in [5, 5.41) is 0. The first kappa shape index (κ1) is 20.7. The van der Waals surface area contributed by atoms with Gasteiger partial charge >= 0.3 is 0 Å². The summed E-state index contributed by atoms with van der Waals surface area (Å²) >= 11 is 0. The minimum absolute atomic E-state index is 0.263. The molecule has 1 heterocycles. The van der Waals surface area contributed by atoms with Crippen molar-refractivity contribution in [3.63, 3.8) is 0 Å². The summed E-state index contributed by atoms with van der Waals surface area (Å²) in [5.41, 5.74) is 7.44. The second kappa shape index (κ2) is 7.94. The molecular formula is C25H38N+. The van der Waals surface area contributed by atoms with Gasteiger partial charge in [0.15, 0.2) is 6.20 Å². The van der Waals surface area contributed by atoms with E-state index < -0.39 is 0 Å². The van der Waals surface area contributed by atoms with E-state index in [0.717, 1.165) is 0 Å². The van der Waals surface area contributed by atoms with Crippen LogP contribution in [0.4, 0.5) is 0 Å². The van der Waals surface area contributed by atoms with Crippen LogP contribution in [0.25, 0.3) is 11.3 Å². The number of hydrogen-bond acceptors (Lipinski definition) is 0. The zero-order valence-corrected chi connectivity index (χ0v) is 18.2. The first-order chi connectivity index (χ1) is 12.2. The van der Waals surface area contributed by atoms with Gasteiger partial charge in [0.05, 0.1) is 0 Å². The van der Waals surface area contributed by atoms with Crippen LogP contribution in [0.1, 0.15) is 83.9 Å². The lowest BCUT2D eigenvalue weighted by molar-refractivity contribution is -0.661. The molecule has 0 N–H and O–H groups in total. The summed E-state index contributed by atoms with van der Waals surface area (Å²) in [6.07, 6.45) is 7.03. The molecule has 0 bridgehead atoms. The third-order valence-corrected chi connectivity index (χ3v) is 7.15. The molecule has 1 aromatic carbocycles. The van der Waals surface area contributed by atoms with Crippen LogP contribution < -0.4 is 4.57 Å². The second-order valence-corrected chi connectivity index (χ2v) is 8.48. The van der Waals surface area contributed by atoms with Crippen molar-refractivity contribution >= 4 is 0 Å². The van der Waals surface area contributed by atoms with Crippen molar-refractivity contribution in [3.8, 4) is 11.3 Å². The Labute approximate surface area is 161 Å². The first-order valence-corrected chi connectivity index (χ1v) is 10.4. The van der Waals surface area contributed by atoms with Gasteiger partial charge in [-0.25, -0.2) is 4.57 Å². The van der Waals surface area contributed by atoms with E-state index in [1.165, 1.54) is 53.6 Å². The van der Waals surface area contributed by atoms with Gasteiger partial charge in [-0.2, -0.15) is 0 Å². The number of nitrogens with zero attached hydrogens (tertiary/aromatic N) is 1. The first-order valence-electron chi connectivity index (χ1n) is 10.4. The fourth-order valence-corrected chi connectivity index (χ4v) is 3.89. The number of aromatic nitrogens is 1. The molecule has 1 aromatic heterocycles. The van der Waals surface area contributed by atoms with Crippen molar-refractivity contribution in [2.24, 2.45) is 7.05 Å². The summed E-state index contributed by atoms with van der Waals surface area (Å²) < 4.78 is 2.31. The maximum absolute atomic E-state index is 2.40. The normalized spacial score (nSPS) is 12.5. The lowest BCUT2D eigenvalue weighted by Crippen LogP contribution is -2.34. The van der Waals surface area contributed by atoms with Gasteiger partial charge in [-0.05, 0) is 66.7 Å². The topological polar surface area (TPSA) is 3.88 Å². The maximum atomic E-state index is 2.40. The summed E-state index contributed by atoms with van der Waals surface area (Å²) in [7, 11) is 2.18. The number of benzene rings is 1. The molecule has 0 spiro atoms. The zero-order valence-electron chi connectivity index (χ0n) is 18.2. The van der Waals surface area contributed by atoms with E-state index in [4.69, 9.17) is 0 Å². The van der Waals surface area contributed by atoms with Crippen molar-refractivity contribution < 1.29 is 4.57 Å². The van der Waals surface area contributed by atoms with Crippen molar-refractivity contribution in [3.05, 3.63) is 53.2 Å². The Morgan fingerprint density at radius 3 is 1.73 bits per heavy atom. The van der Waals surface area contributed by atoms with Gasteiger partial charge in [-0.3, -0.25) is 0 Å². The SMILES string of the molecule is CCC(C)(CC)c1ccc(-c2ccc(C(C)(CC)CC)c[n+]2C)c(C)c1. The number of rotatable bonds is 7. The molecule has 0 atom stereocenters. The van der Waals surface area contributed by atoms with Crippen LogP contribution in [0.15, 0.2) is 36.5 Å². The molecular weight excluding hydrogens is 314 g/mol. The van der Waals surface area contributed by atoms with Crippen molar-refractivity contribution in [2.45, 2.75) is 85.0 Å². The fourth-order valence-electron chi connectivity index (χ4n) is 3.89. The van der Waals surface area contributed by atoms with E-state index in [9.17, 15) is 0 Å². The monoisotopic (exact) mass is 352 g/mol. The molecule has 0 aliphatic carbocycles. The molecule has 0 fully saturated rings. The Morgan fingerprint density at radius 2 is 1.27 bits per heavy atom. The molecule has 1 nitrogen and oxygen atoms in total. The van der Waals surface area contributed by atoms with E-state index in [2.05, 4.69) is 96.6 Å². The van der Waals surface area contributed by atoms with Gasteiger partial charge in [-0.15, -0.1) is 0 Å². The van der Waals surface area contributed by atoms with E-state index in [-0.39, 0.29) is 10.8 Å². The molecule has 26 heavy (non-hydrogen) atoms. The highest BCUT2D eigenvalue weighted by Gasteiger charge is 2.27. The minimum Gasteiger partial charge on any atom is -0.201 e. The van der Waals surface area contributed by atoms with Crippen molar-refractivity contribution in [1.82, 2.24) is 0 Å². The predicted molar refractivity (Wildman–Crippen MR) is 114 cm³/mol. The summed E-state index contributed by atoms with van der Waals surface area (Å²) in [6, 6.07) is 11.7. The van der Waals surface area contributed by atoms with Gasteiger partial charge in [0.25, 0.3) is 0 Å². The molecule has 142 valence electrons. The van der Waals surface area contributed by atoms with Crippen LogP contribution in [-0.2, 0) is 17.9 Å². The number of hydrogen-bond donors (Lipinski definition) is 0. The van der Waals surface area contributed by atoms with E-state index in [0.29, 0.717) is 0 Å². The third kappa shape index (κ3) is 3.72. The van der Waals surface area contributed by atoms with Crippen molar-refractivity contribution in [2.75, 3.05) is 0 Å². The van der Waals surface area contributed by atoms with Gasteiger partial charge < -0.3 is 0 Å². The molecule has 2 rings (SSSR count). The highest BCUT2D eigenvalue weighted by Crippen LogP contribution is 2.34. The lowest BCUT2D eigenvalue weighted by Gasteiger charge is -2.28. The average Bonchev–Trinajstić information content (AvgIpc) is 2.66. The summed E-state index contributed by atoms with van der Waals surface area (Å²) in [6.45, 7) is 16.2. The molecule has 0 saturated heterocycles. The van der Waals surface area contributed by atoms with Crippen LogP contribution in [-0.4, -0.2) is 0 Å². The van der Waals surface area contributed by atoms with Crippen LogP contribution in [0.3, 0.4) is 0 Å². The molecule has 1 heteroatoms. The Kier molecular flexibility index (Phi) is 6.32. The van der Waals surface area contributed by atoms with E-state index >= 15 is 0 Å². The largest absolute Gasteiger partial charge is 0.212 e. The maximum Gasteiger partial charge on any atom is 0.212 e. The van der Waals surface area contributed by atoms with E-state index in [1.54, 1.807) is 0 Å². The van der Waals surface area contributed by atoms with Crippen LogP contribution in [0, 0.1) is 6.92 Å². The third-order valence-electron chi connectivity index (χ3n) is 7.15. The van der Waals surface area contributed by atoms with Gasteiger partial charge in [-0.1, -0.05) is 53.7 Å². The fraction of sp³-hybridized carbons (Fsp3) is 0.560. The molecule has 0 unspecified atom stereocenters. The lowest BCUT2D eigenvalue weighted by atomic mass is 9.77. The van der Waals surface area contributed by atoms with Crippen LogP contribution in [0.5, 0.6) is 0 Å².